The molecule has 0 aliphatic rings. The lowest BCUT2D eigenvalue weighted by Crippen LogP contribution is -2.11. The standard InChI is InChI=1S/C14H16O5/c1-4-10(13(8(2)15)14(17)18)9-5-6-11(16)12(7-9)19-3/h5-7,16H,4H2,1-3H3,(H,17,18). The molecule has 0 aliphatic heterocycles. The molecule has 0 spiro atoms. The molecule has 5 nitrogen and oxygen atoms in total. The number of carbonyl (C=O) groups is 2. The van der Waals surface area contributed by atoms with Gasteiger partial charge >= 0.3 is 5.97 Å². The van der Waals surface area contributed by atoms with Crippen molar-refractivity contribution in [3.63, 3.8) is 0 Å². The molecule has 2 N–H and O–H groups in total. The molecule has 102 valence electrons. The van der Waals surface area contributed by atoms with Gasteiger partial charge in [-0.15, -0.1) is 0 Å². The van der Waals surface area contributed by atoms with Gasteiger partial charge in [-0.2, -0.15) is 0 Å². The summed E-state index contributed by atoms with van der Waals surface area (Å²) in [4.78, 5) is 22.6. The summed E-state index contributed by atoms with van der Waals surface area (Å²) in [5.74, 6) is -1.56. The van der Waals surface area contributed by atoms with Crippen LogP contribution in [-0.4, -0.2) is 29.1 Å². The molecule has 1 aromatic carbocycles. The maximum Gasteiger partial charge on any atom is 0.339 e. The molecular weight excluding hydrogens is 248 g/mol. The Balaban J connectivity index is 3.49. The number of aromatic hydroxyl groups is 1. The Morgan fingerprint density at radius 1 is 1.32 bits per heavy atom. The van der Waals surface area contributed by atoms with Gasteiger partial charge in [0.15, 0.2) is 17.3 Å². The van der Waals surface area contributed by atoms with Crippen molar-refractivity contribution in [2.75, 3.05) is 7.11 Å². The van der Waals surface area contributed by atoms with Gasteiger partial charge in [0.05, 0.1) is 7.11 Å². The van der Waals surface area contributed by atoms with Crippen molar-refractivity contribution in [2.24, 2.45) is 0 Å². The lowest BCUT2D eigenvalue weighted by atomic mass is 9.95. The van der Waals surface area contributed by atoms with E-state index in [-0.39, 0.29) is 17.1 Å². The maximum atomic E-state index is 11.5. The fourth-order valence-electron chi connectivity index (χ4n) is 1.88. The minimum absolute atomic E-state index is 0.0404. The van der Waals surface area contributed by atoms with E-state index in [1.807, 2.05) is 0 Å². The van der Waals surface area contributed by atoms with Crippen molar-refractivity contribution in [2.45, 2.75) is 20.3 Å². The second-order valence-corrected chi connectivity index (χ2v) is 3.96. The highest BCUT2D eigenvalue weighted by atomic mass is 16.5. The van der Waals surface area contributed by atoms with Gasteiger partial charge in [-0.05, 0) is 36.6 Å². The number of phenolic OH excluding ortho intramolecular Hbond substituents is 1. The Bertz CT molecular complexity index is 527. The number of rotatable bonds is 5. The summed E-state index contributed by atoms with van der Waals surface area (Å²) in [6, 6.07) is 4.48. The molecule has 1 rings (SSSR count). The number of carboxylic acids is 1. The maximum absolute atomic E-state index is 11.5. The van der Waals surface area contributed by atoms with Gasteiger partial charge in [-0.3, -0.25) is 4.79 Å². The molecule has 1 aromatic rings. The summed E-state index contributed by atoms with van der Waals surface area (Å²) < 4.78 is 4.98. The topological polar surface area (TPSA) is 83.8 Å². The van der Waals surface area contributed by atoms with Crippen LogP contribution in [0.2, 0.25) is 0 Å². The van der Waals surface area contributed by atoms with Gasteiger partial charge in [0, 0.05) is 0 Å². The van der Waals surface area contributed by atoms with E-state index >= 15 is 0 Å². The molecule has 0 saturated carbocycles. The Labute approximate surface area is 111 Å². The highest BCUT2D eigenvalue weighted by Gasteiger charge is 2.20. The molecule has 0 atom stereocenters. The van der Waals surface area contributed by atoms with Crippen LogP contribution in [0.4, 0.5) is 0 Å². The number of phenols is 1. The molecule has 0 bridgehead atoms. The second kappa shape index (κ2) is 6.04. The fourth-order valence-corrected chi connectivity index (χ4v) is 1.88. The fraction of sp³-hybridized carbons (Fsp3) is 0.286. The van der Waals surface area contributed by atoms with Gasteiger partial charge in [-0.1, -0.05) is 13.0 Å². The highest BCUT2D eigenvalue weighted by Crippen LogP contribution is 2.32. The van der Waals surface area contributed by atoms with E-state index in [0.717, 1.165) is 0 Å². The van der Waals surface area contributed by atoms with Crippen molar-refractivity contribution in [1.29, 1.82) is 0 Å². The smallest absolute Gasteiger partial charge is 0.339 e. The molecule has 19 heavy (non-hydrogen) atoms. The summed E-state index contributed by atoms with van der Waals surface area (Å²) in [6.07, 6.45) is 0.384. The largest absolute Gasteiger partial charge is 0.504 e. The van der Waals surface area contributed by atoms with Gasteiger partial charge in [-0.25, -0.2) is 4.79 Å². The number of hydrogen-bond donors (Lipinski definition) is 2. The molecule has 5 heteroatoms. The SMILES string of the molecule is CCC(=C(C(C)=O)C(=O)O)c1ccc(O)c(OC)c1. The van der Waals surface area contributed by atoms with E-state index < -0.39 is 11.8 Å². The summed E-state index contributed by atoms with van der Waals surface area (Å²) in [5, 5.41) is 18.7. The van der Waals surface area contributed by atoms with Crippen LogP contribution in [0.5, 0.6) is 11.5 Å². The van der Waals surface area contributed by atoms with Crippen LogP contribution in [0, 0.1) is 0 Å². The van der Waals surface area contributed by atoms with Gasteiger partial charge < -0.3 is 14.9 Å². The third-order valence-electron chi connectivity index (χ3n) is 2.75. The van der Waals surface area contributed by atoms with E-state index in [0.29, 0.717) is 17.6 Å². The predicted octanol–water partition coefficient (Wildman–Crippen LogP) is 2.24. The molecule has 0 saturated heterocycles. The zero-order chi connectivity index (χ0) is 14.6. The zero-order valence-electron chi connectivity index (χ0n) is 11.1. The van der Waals surface area contributed by atoms with Crippen LogP contribution in [0.25, 0.3) is 5.57 Å². The second-order valence-electron chi connectivity index (χ2n) is 3.96. The minimum Gasteiger partial charge on any atom is -0.504 e. The summed E-state index contributed by atoms with van der Waals surface area (Å²) in [7, 11) is 1.40. The normalized spacial score (nSPS) is 11.7. The van der Waals surface area contributed by atoms with Gasteiger partial charge in [0.1, 0.15) is 5.57 Å². The van der Waals surface area contributed by atoms with Crippen LogP contribution in [0.15, 0.2) is 23.8 Å². The Hall–Kier alpha value is -2.30. The lowest BCUT2D eigenvalue weighted by molar-refractivity contribution is -0.134. The number of hydrogen-bond acceptors (Lipinski definition) is 4. The Morgan fingerprint density at radius 2 is 1.95 bits per heavy atom. The number of carboxylic acid groups (broad SMARTS) is 1. The quantitative estimate of drug-likeness (QED) is 0.484. The molecule has 0 heterocycles. The molecular formula is C14H16O5. The molecule has 0 aromatic heterocycles. The number of aliphatic carboxylic acids is 1. The number of Topliss-reactive ketones (excluding diaryl/α,β-unsaturated/α-hetero) is 1. The average molecular weight is 264 g/mol. The summed E-state index contributed by atoms with van der Waals surface area (Å²) in [6.45, 7) is 2.98. The summed E-state index contributed by atoms with van der Waals surface area (Å²) >= 11 is 0. The number of ketones is 1. The van der Waals surface area contributed by atoms with Crippen molar-refractivity contribution in [3.05, 3.63) is 29.3 Å². The number of ether oxygens (including phenoxy) is 1. The number of methoxy groups -OCH3 is 1. The monoisotopic (exact) mass is 264 g/mol. The Kier molecular flexibility index (Phi) is 4.69. The number of benzene rings is 1. The van der Waals surface area contributed by atoms with E-state index in [2.05, 4.69) is 0 Å². The number of carbonyl (C=O) groups excluding carboxylic acids is 1. The summed E-state index contributed by atoms with van der Waals surface area (Å²) in [5.41, 5.74) is 0.721. The average Bonchev–Trinajstić information content (AvgIpc) is 2.35. The first kappa shape index (κ1) is 14.8. The van der Waals surface area contributed by atoms with Crippen LogP contribution < -0.4 is 4.74 Å². The molecule has 0 aliphatic carbocycles. The Morgan fingerprint density at radius 3 is 2.37 bits per heavy atom. The van der Waals surface area contributed by atoms with Gasteiger partial charge in [0.25, 0.3) is 0 Å². The van der Waals surface area contributed by atoms with E-state index in [9.17, 15) is 14.7 Å². The molecule has 0 amide bonds. The van der Waals surface area contributed by atoms with E-state index in [1.165, 1.54) is 26.2 Å². The van der Waals surface area contributed by atoms with Crippen molar-refractivity contribution < 1.29 is 24.5 Å². The van der Waals surface area contributed by atoms with Crippen LogP contribution in [0.1, 0.15) is 25.8 Å². The third-order valence-corrected chi connectivity index (χ3v) is 2.75. The molecule has 0 fully saturated rings. The van der Waals surface area contributed by atoms with Crippen LogP contribution in [-0.2, 0) is 9.59 Å². The first-order valence-corrected chi connectivity index (χ1v) is 5.77. The van der Waals surface area contributed by atoms with Crippen molar-refractivity contribution in [3.8, 4) is 11.5 Å². The highest BCUT2D eigenvalue weighted by molar-refractivity contribution is 6.21. The predicted molar refractivity (Wildman–Crippen MR) is 70.2 cm³/mol. The number of allylic oxidation sites excluding steroid dienone is 1. The van der Waals surface area contributed by atoms with E-state index in [1.54, 1.807) is 13.0 Å². The molecule has 0 unspecified atom stereocenters. The minimum atomic E-state index is -1.25. The van der Waals surface area contributed by atoms with Crippen LogP contribution >= 0.6 is 0 Å². The first-order chi connectivity index (χ1) is 8.92. The zero-order valence-corrected chi connectivity index (χ0v) is 11.1. The first-order valence-electron chi connectivity index (χ1n) is 5.77. The molecule has 0 radical (unpaired) electrons. The van der Waals surface area contributed by atoms with Crippen molar-refractivity contribution in [1.82, 2.24) is 0 Å². The van der Waals surface area contributed by atoms with Crippen LogP contribution in [0.3, 0.4) is 0 Å². The third kappa shape index (κ3) is 3.13. The van der Waals surface area contributed by atoms with Crippen molar-refractivity contribution >= 4 is 17.3 Å². The lowest BCUT2D eigenvalue weighted by Gasteiger charge is -2.11. The van der Waals surface area contributed by atoms with E-state index in [4.69, 9.17) is 9.84 Å². The van der Waals surface area contributed by atoms with Gasteiger partial charge in [0.2, 0.25) is 0 Å².